The molecule has 2 N–H and O–H groups in total. The maximum absolute atomic E-state index is 11.9. The van der Waals surface area contributed by atoms with Crippen LogP contribution in [0.25, 0.3) is 0 Å². The second kappa shape index (κ2) is 6.74. The molecule has 110 valence electrons. The van der Waals surface area contributed by atoms with Crippen molar-refractivity contribution >= 4 is 17.5 Å². The van der Waals surface area contributed by atoms with E-state index in [1.807, 2.05) is 31.2 Å². The highest BCUT2D eigenvalue weighted by Crippen LogP contribution is 2.14. The maximum atomic E-state index is 11.9. The highest BCUT2D eigenvalue weighted by molar-refractivity contribution is 5.98. The van der Waals surface area contributed by atoms with Crippen molar-refractivity contribution in [3.63, 3.8) is 0 Å². The van der Waals surface area contributed by atoms with E-state index >= 15 is 0 Å². The van der Waals surface area contributed by atoms with Gasteiger partial charge in [-0.2, -0.15) is 0 Å². The number of aromatic nitrogens is 1. The molecule has 0 unspecified atom stereocenters. The van der Waals surface area contributed by atoms with E-state index in [9.17, 15) is 9.59 Å². The summed E-state index contributed by atoms with van der Waals surface area (Å²) >= 11 is 0. The summed E-state index contributed by atoms with van der Waals surface area (Å²) < 4.78 is 1.71. The lowest BCUT2D eigenvalue weighted by atomic mass is 10.1. The fourth-order valence-electron chi connectivity index (χ4n) is 2.09. The normalized spacial score (nSPS) is 10.2. The molecular formula is C16H19N3O2. The zero-order valence-corrected chi connectivity index (χ0v) is 12.2. The molecule has 2 amide bonds. The van der Waals surface area contributed by atoms with Crippen LogP contribution in [0.3, 0.4) is 0 Å². The third-order valence-corrected chi connectivity index (χ3v) is 3.26. The number of carbonyl (C=O) groups excluding carboxylic acids is 2. The Morgan fingerprint density at radius 2 is 1.90 bits per heavy atom. The minimum atomic E-state index is -0.263. The summed E-state index contributed by atoms with van der Waals surface area (Å²) in [5.41, 5.74) is 2.38. The van der Waals surface area contributed by atoms with Crippen LogP contribution in [-0.4, -0.2) is 22.9 Å². The monoisotopic (exact) mass is 285 g/mol. The number of aryl methyl sites for hydroxylation is 2. The first-order chi connectivity index (χ1) is 10.1. The maximum Gasteiger partial charge on any atom is 0.268 e. The molecule has 5 heteroatoms. The number of amides is 2. The number of carbonyl (C=O) groups is 2. The molecule has 2 aromatic rings. The first-order valence-corrected chi connectivity index (χ1v) is 6.89. The van der Waals surface area contributed by atoms with Crippen LogP contribution in [0.15, 0.2) is 42.6 Å². The smallest absolute Gasteiger partial charge is 0.268 e. The van der Waals surface area contributed by atoms with E-state index in [1.165, 1.54) is 0 Å². The summed E-state index contributed by atoms with van der Waals surface area (Å²) in [6.45, 7) is 1.98. The van der Waals surface area contributed by atoms with Crippen molar-refractivity contribution in [1.82, 2.24) is 9.88 Å². The Labute approximate surface area is 124 Å². The van der Waals surface area contributed by atoms with E-state index in [4.69, 9.17) is 0 Å². The van der Waals surface area contributed by atoms with Gasteiger partial charge in [0, 0.05) is 18.9 Å². The van der Waals surface area contributed by atoms with Crippen molar-refractivity contribution in [3.05, 3.63) is 53.9 Å². The molecule has 21 heavy (non-hydrogen) atoms. The summed E-state index contributed by atoms with van der Waals surface area (Å²) in [5, 5.41) is 5.43. The van der Waals surface area contributed by atoms with E-state index in [0.717, 1.165) is 17.7 Å². The lowest BCUT2D eigenvalue weighted by molar-refractivity contribution is -0.115. The molecule has 1 heterocycles. The fourth-order valence-corrected chi connectivity index (χ4v) is 2.09. The van der Waals surface area contributed by atoms with Gasteiger partial charge >= 0.3 is 0 Å². The number of benzene rings is 1. The molecule has 0 saturated heterocycles. The molecule has 1 aromatic carbocycles. The van der Waals surface area contributed by atoms with Crippen LogP contribution >= 0.6 is 0 Å². The summed E-state index contributed by atoms with van der Waals surface area (Å²) in [4.78, 5) is 23.8. The lowest BCUT2D eigenvalue weighted by Gasteiger charge is -2.10. The van der Waals surface area contributed by atoms with Crippen molar-refractivity contribution in [2.75, 3.05) is 11.9 Å². The van der Waals surface area contributed by atoms with Gasteiger partial charge in [0.15, 0.2) is 0 Å². The van der Waals surface area contributed by atoms with Gasteiger partial charge in [0.2, 0.25) is 5.91 Å². The topological polar surface area (TPSA) is 63.1 Å². The number of nitrogens with zero attached hydrogens (tertiary/aromatic N) is 1. The summed E-state index contributed by atoms with van der Waals surface area (Å²) in [6, 6.07) is 11.1. The quantitative estimate of drug-likeness (QED) is 0.882. The number of nitrogens with one attached hydrogen (secondary N) is 2. The van der Waals surface area contributed by atoms with E-state index in [1.54, 1.807) is 29.9 Å². The molecule has 2 rings (SSSR count). The van der Waals surface area contributed by atoms with E-state index in [-0.39, 0.29) is 18.4 Å². The molecule has 0 radical (unpaired) electrons. The predicted molar refractivity (Wildman–Crippen MR) is 82.2 cm³/mol. The minimum Gasteiger partial charge on any atom is -0.347 e. The number of hydrogen-bond acceptors (Lipinski definition) is 2. The summed E-state index contributed by atoms with van der Waals surface area (Å²) in [7, 11) is 1.78. The molecular weight excluding hydrogens is 266 g/mol. The van der Waals surface area contributed by atoms with Gasteiger partial charge in [-0.1, -0.05) is 25.1 Å². The van der Waals surface area contributed by atoms with Crippen LogP contribution in [0, 0.1) is 0 Å². The summed E-state index contributed by atoms with van der Waals surface area (Å²) in [5.74, 6) is -0.500. The Morgan fingerprint density at radius 1 is 1.14 bits per heavy atom. The second-order valence-corrected chi connectivity index (χ2v) is 4.75. The Morgan fingerprint density at radius 3 is 2.57 bits per heavy atom. The third-order valence-electron chi connectivity index (χ3n) is 3.26. The van der Waals surface area contributed by atoms with Gasteiger partial charge in [-0.25, -0.2) is 0 Å². The molecule has 0 bridgehead atoms. The first-order valence-electron chi connectivity index (χ1n) is 6.89. The molecule has 0 fully saturated rings. The molecule has 0 atom stereocenters. The summed E-state index contributed by atoms with van der Waals surface area (Å²) in [6.07, 6.45) is 2.62. The van der Waals surface area contributed by atoms with Crippen LogP contribution in [0.5, 0.6) is 0 Å². The third kappa shape index (κ3) is 3.72. The molecule has 0 saturated carbocycles. The van der Waals surface area contributed by atoms with E-state index < -0.39 is 0 Å². The van der Waals surface area contributed by atoms with Gasteiger partial charge in [-0.3, -0.25) is 9.59 Å². The van der Waals surface area contributed by atoms with Gasteiger partial charge in [0.25, 0.3) is 5.91 Å². The van der Waals surface area contributed by atoms with Crippen LogP contribution in [0.4, 0.5) is 5.69 Å². The number of hydrogen-bond donors (Lipinski definition) is 2. The number of anilines is 1. The zero-order chi connectivity index (χ0) is 15.2. The molecule has 0 aliphatic carbocycles. The van der Waals surface area contributed by atoms with Crippen LogP contribution in [-0.2, 0) is 18.3 Å². The average molecular weight is 285 g/mol. The van der Waals surface area contributed by atoms with E-state index in [2.05, 4.69) is 10.6 Å². The standard InChI is InChI=1S/C16H19N3O2/c1-3-12-7-4-5-8-13(12)18-15(20)11-17-16(21)14-9-6-10-19(14)2/h4-10H,3,11H2,1-2H3,(H,17,21)(H,18,20). The van der Waals surface area contributed by atoms with Crippen LogP contribution < -0.4 is 10.6 Å². The Kier molecular flexibility index (Phi) is 4.77. The van der Waals surface area contributed by atoms with Crippen LogP contribution in [0.2, 0.25) is 0 Å². The van der Waals surface area contributed by atoms with Crippen molar-refractivity contribution in [3.8, 4) is 0 Å². The van der Waals surface area contributed by atoms with Crippen molar-refractivity contribution in [2.45, 2.75) is 13.3 Å². The molecule has 0 spiro atoms. The minimum absolute atomic E-state index is 0.0535. The molecule has 0 aliphatic rings. The predicted octanol–water partition coefficient (Wildman–Crippen LogP) is 1.96. The SMILES string of the molecule is CCc1ccccc1NC(=O)CNC(=O)c1cccn1C. The number of para-hydroxylation sites is 1. The first kappa shape index (κ1) is 14.8. The van der Waals surface area contributed by atoms with Gasteiger partial charge in [-0.15, -0.1) is 0 Å². The van der Waals surface area contributed by atoms with Gasteiger partial charge in [0.05, 0.1) is 6.54 Å². The van der Waals surface area contributed by atoms with Gasteiger partial charge in [-0.05, 0) is 30.2 Å². The van der Waals surface area contributed by atoms with Crippen LogP contribution in [0.1, 0.15) is 23.0 Å². The zero-order valence-electron chi connectivity index (χ0n) is 12.2. The van der Waals surface area contributed by atoms with Crippen molar-refractivity contribution in [1.29, 1.82) is 0 Å². The number of rotatable bonds is 5. The van der Waals surface area contributed by atoms with Crippen molar-refractivity contribution < 1.29 is 9.59 Å². The Bertz CT molecular complexity index is 646. The fraction of sp³-hybridized carbons (Fsp3) is 0.250. The molecule has 5 nitrogen and oxygen atoms in total. The molecule has 1 aromatic heterocycles. The second-order valence-electron chi connectivity index (χ2n) is 4.75. The van der Waals surface area contributed by atoms with Gasteiger partial charge in [0.1, 0.15) is 5.69 Å². The Hall–Kier alpha value is -2.56. The highest BCUT2D eigenvalue weighted by Gasteiger charge is 2.11. The van der Waals surface area contributed by atoms with E-state index in [0.29, 0.717) is 5.69 Å². The Balaban J connectivity index is 1.91. The highest BCUT2D eigenvalue weighted by atomic mass is 16.2. The van der Waals surface area contributed by atoms with Crippen molar-refractivity contribution in [2.24, 2.45) is 7.05 Å². The average Bonchev–Trinajstić information content (AvgIpc) is 2.91. The van der Waals surface area contributed by atoms with Gasteiger partial charge < -0.3 is 15.2 Å². The molecule has 0 aliphatic heterocycles. The lowest BCUT2D eigenvalue weighted by Crippen LogP contribution is -2.33. The largest absolute Gasteiger partial charge is 0.347 e.